The Morgan fingerprint density at radius 2 is 1.30 bits per heavy atom. The molecular formula is C28H46O2. The van der Waals surface area contributed by atoms with Gasteiger partial charge in [0.05, 0.1) is 0 Å². The number of hydrogen-bond donors (Lipinski definition) is 1. The number of carbonyl (C=O) groups excluding carboxylic acids is 1. The Balaban J connectivity index is 1.67. The first-order valence-electron chi connectivity index (χ1n) is 13.0. The Bertz CT molecular complexity index is 561. The van der Waals surface area contributed by atoms with E-state index in [1.807, 2.05) is 30.3 Å². The molecule has 1 unspecified atom stereocenters. The number of aliphatic hydroxyl groups is 1. The van der Waals surface area contributed by atoms with E-state index in [2.05, 4.69) is 6.92 Å². The first-order valence-corrected chi connectivity index (χ1v) is 13.0. The van der Waals surface area contributed by atoms with Gasteiger partial charge in [0.1, 0.15) is 0 Å². The molecule has 0 spiro atoms. The van der Waals surface area contributed by atoms with E-state index in [4.69, 9.17) is 0 Å². The number of rotatable bonds is 16. The Morgan fingerprint density at radius 3 is 1.83 bits per heavy atom. The highest BCUT2D eigenvalue weighted by molar-refractivity contribution is 5.88. The minimum atomic E-state index is -1.28. The van der Waals surface area contributed by atoms with E-state index < -0.39 is 5.60 Å². The van der Waals surface area contributed by atoms with Gasteiger partial charge in [-0.1, -0.05) is 127 Å². The van der Waals surface area contributed by atoms with E-state index in [0.717, 1.165) is 44.1 Å². The zero-order valence-corrected chi connectivity index (χ0v) is 19.5. The van der Waals surface area contributed by atoms with Gasteiger partial charge in [-0.05, 0) is 30.7 Å². The molecule has 0 amide bonds. The third-order valence-corrected chi connectivity index (χ3v) is 7.09. The van der Waals surface area contributed by atoms with Crippen molar-refractivity contribution in [3.8, 4) is 0 Å². The van der Waals surface area contributed by atoms with E-state index in [0.29, 0.717) is 6.42 Å². The van der Waals surface area contributed by atoms with Gasteiger partial charge in [-0.2, -0.15) is 0 Å². The van der Waals surface area contributed by atoms with Gasteiger partial charge in [-0.3, -0.25) is 4.79 Å². The van der Waals surface area contributed by atoms with Gasteiger partial charge in [0.15, 0.2) is 11.4 Å². The van der Waals surface area contributed by atoms with Crippen LogP contribution in [0, 0.1) is 5.92 Å². The molecule has 0 radical (unpaired) electrons. The van der Waals surface area contributed by atoms with E-state index >= 15 is 0 Å². The maximum Gasteiger partial charge on any atom is 0.169 e. The fraction of sp³-hybridized carbons (Fsp3) is 0.750. The summed E-state index contributed by atoms with van der Waals surface area (Å²) in [6, 6.07) is 9.73. The van der Waals surface area contributed by atoms with Crippen LogP contribution in [0.5, 0.6) is 0 Å². The Hall–Kier alpha value is -1.15. The number of hydrogen-bond acceptors (Lipinski definition) is 2. The van der Waals surface area contributed by atoms with Crippen LogP contribution in [0.1, 0.15) is 128 Å². The van der Waals surface area contributed by atoms with Crippen molar-refractivity contribution in [1.82, 2.24) is 0 Å². The fourth-order valence-electron chi connectivity index (χ4n) is 5.15. The van der Waals surface area contributed by atoms with Gasteiger partial charge in [0.2, 0.25) is 0 Å². The quantitative estimate of drug-likeness (QED) is 0.277. The van der Waals surface area contributed by atoms with E-state index in [1.165, 1.54) is 70.6 Å². The van der Waals surface area contributed by atoms with Crippen LogP contribution in [0.25, 0.3) is 0 Å². The summed E-state index contributed by atoms with van der Waals surface area (Å²) < 4.78 is 0. The third kappa shape index (κ3) is 8.17. The maximum atomic E-state index is 13.2. The molecule has 1 aliphatic rings. The summed E-state index contributed by atoms with van der Waals surface area (Å²) in [4.78, 5) is 13.2. The van der Waals surface area contributed by atoms with E-state index in [9.17, 15) is 9.90 Å². The van der Waals surface area contributed by atoms with Gasteiger partial charge < -0.3 is 5.11 Å². The molecule has 1 aromatic carbocycles. The topological polar surface area (TPSA) is 37.3 Å². The molecule has 1 aliphatic carbocycles. The molecule has 1 fully saturated rings. The van der Waals surface area contributed by atoms with Gasteiger partial charge in [0.25, 0.3) is 0 Å². The van der Waals surface area contributed by atoms with Crippen LogP contribution < -0.4 is 0 Å². The average molecular weight is 415 g/mol. The predicted molar refractivity (Wildman–Crippen MR) is 128 cm³/mol. The van der Waals surface area contributed by atoms with Crippen molar-refractivity contribution in [2.45, 2.75) is 128 Å². The lowest BCUT2D eigenvalue weighted by atomic mass is 9.70. The smallest absolute Gasteiger partial charge is 0.169 e. The number of ketones is 1. The van der Waals surface area contributed by atoms with Crippen molar-refractivity contribution >= 4 is 5.78 Å². The van der Waals surface area contributed by atoms with Crippen molar-refractivity contribution in [1.29, 1.82) is 0 Å². The lowest BCUT2D eigenvalue weighted by Crippen LogP contribution is -2.44. The second-order valence-corrected chi connectivity index (χ2v) is 9.53. The molecule has 30 heavy (non-hydrogen) atoms. The molecule has 0 aliphatic heterocycles. The molecule has 1 atom stereocenters. The normalized spacial score (nSPS) is 17.0. The number of unbranched alkanes of at least 4 members (excludes halogenated alkanes) is 11. The van der Waals surface area contributed by atoms with Crippen LogP contribution in [-0.2, 0) is 10.4 Å². The largest absolute Gasteiger partial charge is 0.377 e. The highest BCUT2D eigenvalue weighted by Gasteiger charge is 2.44. The molecule has 0 aromatic heterocycles. The van der Waals surface area contributed by atoms with Crippen LogP contribution in [0.2, 0.25) is 0 Å². The van der Waals surface area contributed by atoms with Crippen LogP contribution in [0.3, 0.4) is 0 Å². The van der Waals surface area contributed by atoms with Crippen molar-refractivity contribution in [3.63, 3.8) is 0 Å². The second-order valence-electron chi connectivity index (χ2n) is 9.53. The molecule has 170 valence electrons. The molecule has 0 bridgehead atoms. The second kappa shape index (κ2) is 14.8. The fourth-order valence-corrected chi connectivity index (χ4v) is 5.15. The van der Waals surface area contributed by atoms with Crippen LogP contribution in [0.15, 0.2) is 30.3 Å². The summed E-state index contributed by atoms with van der Waals surface area (Å²) >= 11 is 0. The first kappa shape index (κ1) is 25.1. The summed E-state index contributed by atoms with van der Waals surface area (Å²) in [7, 11) is 0. The van der Waals surface area contributed by atoms with Crippen molar-refractivity contribution in [2.24, 2.45) is 5.92 Å². The Labute approximate surface area is 185 Å². The number of Topliss-reactive ketones (excluding diaryl/α,β-unsaturated/α-hetero) is 1. The lowest BCUT2D eigenvalue weighted by molar-refractivity contribution is -0.147. The highest BCUT2D eigenvalue weighted by atomic mass is 16.3. The third-order valence-electron chi connectivity index (χ3n) is 7.09. The minimum absolute atomic E-state index is 0.0488. The summed E-state index contributed by atoms with van der Waals surface area (Å²) in [5.74, 6) is 0.131. The molecular weight excluding hydrogens is 368 g/mol. The predicted octanol–water partition coefficient (Wildman–Crippen LogP) is 8.11. The van der Waals surface area contributed by atoms with E-state index in [-0.39, 0.29) is 11.7 Å². The van der Waals surface area contributed by atoms with Crippen molar-refractivity contribution in [3.05, 3.63) is 35.9 Å². The molecule has 1 N–H and O–H groups in total. The summed E-state index contributed by atoms with van der Waals surface area (Å²) in [6.45, 7) is 2.27. The van der Waals surface area contributed by atoms with Crippen molar-refractivity contribution < 1.29 is 9.90 Å². The maximum absolute atomic E-state index is 13.2. The summed E-state index contributed by atoms with van der Waals surface area (Å²) in [6.07, 6.45) is 21.5. The zero-order chi connectivity index (χ0) is 21.5. The Kier molecular flexibility index (Phi) is 12.4. The van der Waals surface area contributed by atoms with E-state index in [1.54, 1.807) is 0 Å². The highest BCUT2D eigenvalue weighted by Crippen LogP contribution is 2.41. The number of benzene rings is 1. The Morgan fingerprint density at radius 1 is 0.800 bits per heavy atom. The zero-order valence-electron chi connectivity index (χ0n) is 19.5. The van der Waals surface area contributed by atoms with Crippen LogP contribution >= 0.6 is 0 Å². The molecule has 2 rings (SSSR count). The molecule has 0 heterocycles. The van der Waals surface area contributed by atoms with Crippen LogP contribution in [-0.4, -0.2) is 10.9 Å². The van der Waals surface area contributed by atoms with Crippen LogP contribution in [0.4, 0.5) is 0 Å². The summed E-state index contributed by atoms with van der Waals surface area (Å²) in [5.41, 5.74) is -0.472. The van der Waals surface area contributed by atoms with Gasteiger partial charge >= 0.3 is 0 Å². The van der Waals surface area contributed by atoms with Gasteiger partial charge in [-0.15, -0.1) is 0 Å². The standard InChI is InChI=1S/C28H46O2/c1-2-3-4-5-6-7-8-9-10-11-12-19-24-27(29)28(30,25-20-15-13-16-21-25)26-22-17-14-18-23-26/h13,15-16,20-21,26,30H,2-12,14,17-19,22-24H2,1H3. The molecule has 1 saturated carbocycles. The monoisotopic (exact) mass is 414 g/mol. The first-order chi connectivity index (χ1) is 14.7. The van der Waals surface area contributed by atoms with Gasteiger partial charge in [-0.25, -0.2) is 0 Å². The molecule has 0 saturated heterocycles. The lowest BCUT2D eigenvalue weighted by Gasteiger charge is -2.38. The molecule has 2 nitrogen and oxygen atoms in total. The number of carbonyl (C=O) groups is 1. The minimum Gasteiger partial charge on any atom is -0.377 e. The van der Waals surface area contributed by atoms with Gasteiger partial charge in [0, 0.05) is 6.42 Å². The molecule has 2 heteroatoms. The van der Waals surface area contributed by atoms with Crippen molar-refractivity contribution in [2.75, 3.05) is 0 Å². The average Bonchev–Trinajstić information content (AvgIpc) is 2.80. The summed E-state index contributed by atoms with van der Waals surface area (Å²) in [5, 5.41) is 11.6. The SMILES string of the molecule is CCCCCCCCCCCCCCC(=O)C(O)(c1ccccc1)C1CCCCC1. The molecule has 1 aromatic rings.